The second-order valence-corrected chi connectivity index (χ2v) is 8.50. The van der Waals surface area contributed by atoms with Gasteiger partial charge in [0, 0.05) is 41.3 Å². The number of carbonyl (C=O) groups is 1. The number of nitrogens with zero attached hydrogens (tertiary/aromatic N) is 7. The maximum Gasteiger partial charge on any atom is 0.257 e. The first-order chi connectivity index (χ1) is 16.1. The molecular weight excluding hydrogens is 418 g/mol. The summed E-state index contributed by atoms with van der Waals surface area (Å²) in [5, 5.41) is 12.5. The Labute approximate surface area is 189 Å². The predicted molar refractivity (Wildman–Crippen MR) is 124 cm³/mol. The van der Waals surface area contributed by atoms with Crippen LogP contribution in [0.25, 0.3) is 27.8 Å². The lowest BCUT2D eigenvalue weighted by Gasteiger charge is -2.28. The van der Waals surface area contributed by atoms with Crippen LogP contribution in [0.4, 0.5) is 5.69 Å². The Bertz CT molecular complexity index is 1460. The van der Waals surface area contributed by atoms with Crippen LogP contribution < -0.4 is 5.32 Å². The minimum absolute atomic E-state index is 0.216. The van der Waals surface area contributed by atoms with Gasteiger partial charge in [0.25, 0.3) is 5.91 Å². The summed E-state index contributed by atoms with van der Waals surface area (Å²) in [5.74, 6) is -0.216. The summed E-state index contributed by atoms with van der Waals surface area (Å²) < 4.78 is 3.69. The van der Waals surface area contributed by atoms with Crippen LogP contribution in [-0.2, 0) is 0 Å². The second-order valence-electron chi connectivity index (χ2n) is 8.50. The molecule has 166 valence electrons. The van der Waals surface area contributed by atoms with Crippen molar-refractivity contribution in [2.45, 2.75) is 18.9 Å². The van der Waals surface area contributed by atoms with Crippen LogP contribution in [0.3, 0.4) is 0 Å². The molecule has 0 radical (unpaired) electrons. The van der Waals surface area contributed by atoms with Gasteiger partial charge in [0.05, 0.1) is 23.5 Å². The first-order valence-corrected chi connectivity index (χ1v) is 10.9. The van der Waals surface area contributed by atoms with Crippen LogP contribution in [0.5, 0.6) is 0 Å². The smallest absolute Gasteiger partial charge is 0.257 e. The zero-order valence-corrected chi connectivity index (χ0v) is 18.1. The molecule has 5 aromatic heterocycles. The van der Waals surface area contributed by atoms with E-state index in [1.54, 1.807) is 16.9 Å². The van der Waals surface area contributed by atoms with Gasteiger partial charge in [-0.15, -0.1) is 0 Å². The zero-order chi connectivity index (χ0) is 22.4. The molecule has 1 saturated heterocycles. The summed E-state index contributed by atoms with van der Waals surface area (Å²) in [6.45, 7) is 2.11. The highest BCUT2D eigenvalue weighted by molar-refractivity contribution is 6.07. The predicted octanol–water partition coefficient (Wildman–Crippen LogP) is 2.99. The fourth-order valence-electron chi connectivity index (χ4n) is 4.41. The Kier molecular flexibility index (Phi) is 4.65. The third kappa shape index (κ3) is 3.64. The number of hydrogen-bond acceptors (Lipinski definition) is 6. The van der Waals surface area contributed by atoms with Crippen LogP contribution >= 0.6 is 0 Å². The number of nitrogens with one attached hydrogen (secondary N) is 2. The van der Waals surface area contributed by atoms with Crippen molar-refractivity contribution in [1.29, 1.82) is 0 Å². The van der Waals surface area contributed by atoms with Gasteiger partial charge < -0.3 is 15.2 Å². The number of piperidine rings is 1. The SMILES string of the molecule is CN1CCC(n2cc(NC(=O)c3cnc4[nH]cc(-c5ccc6ncnn6c5)c4c3)cn2)CC1. The normalized spacial score (nSPS) is 15.4. The van der Waals surface area contributed by atoms with Crippen molar-refractivity contribution in [2.24, 2.45) is 0 Å². The van der Waals surface area contributed by atoms with E-state index in [1.165, 1.54) is 6.33 Å². The lowest BCUT2D eigenvalue weighted by atomic mass is 10.1. The minimum atomic E-state index is -0.216. The average molecular weight is 441 g/mol. The van der Waals surface area contributed by atoms with Gasteiger partial charge in [-0.3, -0.25) is 9.48 Å². The molecule has 0 aliphatic carbocycles. The van der Waals surface area contributed by atoms with Gasteiger partial charge in [-0.25, -0.2) is 14.5 Å². The van der Waals surface area contributed by atoms with E-state index in [0.29, 0.717) is 17.3 Å². The summed E-state index contributed by atoms with van der Waals surface area (Å²) in [5.41, 5.74) is 4.56. The molecule has 10 heteroatoms. The van der Waals surface area contributed by atoms with Crippen LogP contribution in [0, 0.1) is 0 Å². The van der Waals surface area contributed by atoms with E-state index in [-0.39, 0.29) is 5.91 Å². The number of likely N-dealkylation sites (tertiary alicyclic amines) is 1. The largest absolute Gasteiger partial charge is 0.346 e. The summed E-state index contributed by atoms with van der Waals surface area (Å²) in [6.07, 6.45) is 12.6. The number of fused-ring (bicyclic) bond motifs is 2. The first-order valence-electron chi connectivity index (χ1n) is 10.9. The van der Waals surface area contributed by atoms with Gasteiger partial charge >= 0.3 is 0 Å². The van der Waals surface area contributed by atoms with Crippen LogP contribution in [0.15, 0.2) is 55.5 Å². The topological polar surface area (TPSA) is 109 Å². The van der Waals surface area contributed by atoms with Gasteiger partial charge in [-0.05, 0) is 51.2 Å². The Morgan fingerprint density at radius 1 is 1.12 bits per heavy atom. The molecule has 2 N–H and O–H groups in total. The highest BCUT2D eigenvalue weighted by Gasteiger charge is 2.19. The molecule has 33 heavy (non-hydrogen) atoms. The highest BCUT2D eigenvalue weighted by Crippen LogP contribution is 2.29. The average Bonchev–Trinajstić information content (AvgIpc) is 3.58. The lowest BCUT2D eigenvalue weighted by Crippen LogP contribution is -2.31. The maximum absolute atomic E-state index is 13.0. The van der Waals surface area contributed by atoms with E-state index in [2.05, 4.69) is 42.4 Å². The Hall–Kier alpha value is -4.05. The number of aromatic nitrogens is 7. The number of pyridine rings is 2. The van der Waals surface area contributed by atoms with E-state index in [9.17, 15) is 4.79 Å². The standard InChI is InChI=1S/C23H23N9O/c1-30-6-4-18(5-7-30)31-13-17(10-27-31)29-23(33)16-8-19-20(11-25-22(19)24-9-16)15-2-3-21-26-14-28-32(21)12-15/h2-3,8-14,18H,4-7H2,1H3,(H,24,25)(H,29,33). The summed E-state index contributed by atoms with van der Waals surface area (Å²) in [7, 11) is 2.14. The number of hydrogen-bond donors (Lipinski definition) is 2. The molecule has 0 unspecified atom stereocenters. The molecule has 0 saturated carbocycles. The number of aromatic amines is 1. The monoisotopic (exact) mass is 441 g/mol. The van der Waals surface area contributed by atoms with Gasteiger partial charge in [0.15, 0.2) is 5.65 Å². The van der Waals surface area contributed by atoms with Crippen molar-refractivity contribution < 1.29 is 4.79 Å². The van der Waals surface area contributed by atoms with Crippen LogP contribution in [0.1, 0.15) is 29.2 Å². The number of H-pyrrole nitrogens is 1. The third-order valence-corrected chi connectivity index (χ3v) is 6.30. The quantitative estimate of drug-likeness (QED) is 0.444. The molecule has 1 fully saturated rings. The van der Waals surface area contributed by atoms with Crippen molar-refractivity contribution in [3.63, 3.8) is 0 Å². The van der Waals surface area contributed by atoms with E-state index in [0.717, 1.165) is 53.7 Å². The molecule has 6 heterocycles. The number of rotatable bonds is 4. The fraction of sp³-hybridized carbons (Fsp3) is 0.261. The second kappa shape index (κ2) is 7.82. The summed E-state index contributed by atoms with van der Waals surface area (Å²) >= 11 is 0. The van der Waals surface area contributed by atoms with Gasteiger partial charge in [0.1, 0.15) is 12.0 Å². The molecule has 5 aromatic rings. The number of amides is 1. The van der Waals surface area contributed by atoms with Crippen molar-refractivity contribution in [2.75, 3.05) is 25.5 Å². The molecule has 0 spiro atoms. The molecule has 0 aromatic carbocycles. The molecule has 0 bridgehead atoms. The molecule has 1 amide bonds. The van der Waals surface area contributed by atoms with E-state index < -0.39 is 0 Å². The Morgan fingerprint density at radius 2 is 2.00 bits per heavy atom. The molecule has 1 aliphatic rings. The molecular formula is C23H23N9O. The van der Waals surface area contributed by atoms with Crippen LogP contribution in [-0.4, -0.2) is 65.3 Å². The van der Waals surface area contributed by atoms with Crippen molar-refractivity contribution in [3.05, 3.63) is 61.1 Å². The van der Waals surface area contributed by atoms with E-state index in [1.807, 2.05) is 41.5 Å². The fourth-order valence-corrected chi connectivity index (χ4v) is 4.41. The molecule has 6 rings (SSSR count). The minimum Gasteiger partial charge on any atom is -0.346 e. The summed E-state index contributed by atoms with van der Waals surface area (Å²) in [6, 6.07) is 6.12. The Balaban J connectivity index is 1.24. The van der Waals surface area contributed by atoms with Gasteiger partial charge in [0.2, 0.25) is 0 Å². The zero-order valence-electron chi connectivity index (χ0n) is 18.1. The van der Waals surface area contributed by atoms with Gasteiger partial charge in [-0.1, -0.05) is 0 Å². The van der Waals surface area contributed by atoms with Crippen molar-refractivity contribution in [3.8, 4) is 11.1 Å². The van der Waals surface area contributed by atoms with Gasteiger partial charge in [-0.2, -0.15) is 10.2 Å². The Morgan fingerprint density at radius 3 is 2.88 bits per heavy atom. The number of anilines is 1. The maximum atomic E-state index is 13.0. The van der Waals surface area contributed by atoms with E-state index in [4.69, 9.17) is 0 Å². The van der Waals surface area contributed by atoms with Crippen LogP contribution in [0.2, 0.25) is 0 Å². The van der Waals surface area contributed by atoms with Crippen molar-refractivity contribution in [1.82, 2.24) is 39.2 Å². The summed E-state index contributed by atoms with van der Waals surface area (Å²) in [4.78, 5) is 27.1. The first kappa shape index (κ1) is 19.6. The van der Waals surface area contributed by atoms with E-state index >= 15 is 0 Å². The third-order valence-electron chi connectivity index (χ3n) is 6.30. The number of carbonyl (C=O) groups excluding carboxylic acids is 1. The molecule has 0 atom stereocenters. The molecule has 10 nitrogen and oxygen atoms in total. The van der Waals surface area contributed by atoms with Crippen molar-refractivity contribution >= 4 is 28.3 Å². The highest BCUT2D eigenvalue weighted by atomic mass is 16.1. The molecule has 1 aliphatic heterocycles. The lowest BCUT2D eigenvalue weighted by molar-refractivity contribution is 0.102.